The van der Waals surface area contributed by atoms with E-state index in [0.29, 0.717) is 19.8 Å². The number of rotatable bonds is 8. The van der Waals surface area contributed by atoms with Gasteiger partial charge in [0.15, 0.2) is 17.2 Å². The van der Waals surface area contributed by atoms with Crippen molar-refractivity contribution in [2.24, 2.45) is 11.3 Å². The summed E-state index contributed by atoms with van der Waals surface area (Å²) in [6.45, 7) is 6.61. The topological polar surface area (TPSA) is 93.2 Å². The van der Waals surface area contributed by atoms with Crippen molar-refractivity contribution in [1.82, 2.24) is 9.88 Å². The lowest BCUT2D eigenvalue weighted by molar-refractivity contribution is -0.272. The van der Waals surface area contributed by atoms with Crippen LogP contribution in [-0.4, -0.2) is 86.1 Å². The summed E-state index contributed by atoms with van der Waals surface area (Å²) in [7, 11) is 1.47. The Hall–Kier alpha value is -3.36. The van der Waals surface area contributed by atoms with Gasteiger partial charge in [0.1, 0.15) is 18.5 Å². The number of carbonyl (C=O) groups is 2. The summed E-state index contributed by atoms with van der Waals surface area (Å²) in [4.78, 5) is 32.6. The van der Waals surface area contributed by atoms with E-state index in [0.717, 1.165) is 32.1 Å². The summed E-state index contributed by atoms with van der Waals surface area (Å²) in [5.74, 6) is -7.00. The number of carbonyl (C=O) groups excluding carboxylic acids is 2. The van der Waals surface area contributed by atoms with Crippen molar-refractivity contribution in [1.29, 1.82) is 0 Å². The summed E-state index contributed by atoms with van der Waals surface area (Å²) in [6, 6.07) is 4.70. The predicted molar refractivity (Wildman–Crippen MR) is 145 cm³/mol. The molecule has 1 aromatic carbocycles. The number of likely N-dealkylation sites (tertiary alicyclic amines) is 1. The van der Waals surface area contributed by atoms with Crippen LogP contribution in [0.25, 0.3) is 0 Å². The Labute approximate surface area is 245 Å². The van der Waals surface area contributed by atoms with E-state index >= 15 is 4.39 Å². The monoisotopic (exact) mass is 612 g/mol. The maximum absolute atomic E-state index is 15.2. The number of hydrogen-bond donors (Lipinski definition) is 1. The Morgan fingerprint density at radius 1 is 1.21 bits per heavy atom. The van der Waals surface area contributed by atoms with E-state index in [2.05, 4.69) is 15.2 Å². The van der Waals surface area contributed by atoms with Gasteiger partial charge in [-0.3, -0.25) is 14.5 Å². The number of amides is 2. The van der Waals surface area contributed by atoms with Crippen molar-refractivity contribution in [2.75, 3.05) is 56.7 Å². The predicted octanol–water partition coefficient (Wildman–Crippen LogP) is 4.13. The average Bonchev–Trinajstić information content (AvgIpc) is 3.18. The molecule has 9 nitrogen and oxygen atoms in total. The number of aromatic nitrogens is 1. The lowest BCUT2D eigenvalue weighted by atomic mass is 9.77. The van der Waals surface area contributed by atoms with Crippen molar-refractivity contribution in [3.05, 3.63) is 47.7 Å². The molecular formula is C29H33F5N4O5. The van der Waals surface area contributed by atoms with Crippen molar-refractivity contribution >= 4 is 23.3 Å². The smallest absolute Gasteiger partial charge is 0.417 e. The first-order chi connectivity index (χ1) is 20.2. The van der Waals surface area contributed by atoms with Gasteiger partial charge in [-0.25, -0.2) is 9.37 Å². The number of alkyl halides is 3. The van der Waals surface area contributed by atoms with Gasteiger partial charge in [-0.05, 0) is 19.1 Å². The van der Waals surface area contributed by atoms with E-state index in [1.807, 2.05) is 0 Å². The number of pyridine rings is 1. The molecule has 1 aromatic heterocycles. The molecule has 0 saturated carbocycles. The molecule has 3 fully saturated rings. The highest BCUT2D eigenvalue weighted by atomic mass is 19.4. The molecule has 0 bridgehead atoms. The van der Waals surface area contributed by atoms with Gasteiger partial charge in [-0.15, -0.1) is 0 Å². The van der Waals surface area contributed by atoms with Crippen molar-refractivity contribution in [3.63, 3.8) is 0 Å². The van der Waals surface area contributed by atoms with Crippen molar-refractivity contribution < 1.29 is 45.8 Å². The molecule has 4 atom stereocenters. The summed E-state index contributed by atoms with van der Waals surface area (Å²) in [6.07, 6.45) is -5.34. The largest absolute Gasteiger partial charge is 0.489 e. The molecule has 3 aliphatic rings. The van der Waals surface area contributed by atoms with Gasteiger partial charge in [0.2, 0.25) is 11.7 Å². The van der Waals surface area contributed by atoms with Gasteiger partial charge in [0, 0.05) is 74.4 Å². The van der Waals surface area contributed by atoms with Crippen LogP contribution in [0.15, 0.2) is 30.5 Å². The third-order valence-electron chi connectivity index (χ3n) is 8.78. The Balaban J connectivity index is 1.43. The molecule has 0 unspecified atom stereocenters. The summed E-state index contributed by atoms with van der Waals surface area (Å²) < 4.78 is 89.1. The van der Waals surface area contributed by atoms with E-state index in [1.165, 1.54) is 44.1 Å². The minimum absolute atomic E-state index is 0.0525. The molecule has 0 radical (unpaired) electrons. The van der Waals surface area contributed by atoms with E-state index in [4.69, 9.17) is 14.2 Å². The first-order valence-corrected chi connectivity index (χ1v) is 13.8. The number of anilines is 2. The van der Waals surface area contributed by atoms with Gasteiger partial charge in [-0.2, -0.15) is 17.6 Å². The zero-order chi connectivity index (χ0) is 31.3. The quantitative estimate of drug-likeness (QED) is 0.449. The fraction of sp³-hybridized carbons (Fsp3) is 0.552. The van der Waals surface area contributed by atoms with Crippen LogP contribution >= 0.6 is 0 Å². The first-order valence-electron chi connectivity index (χ1n) is 13.8. The van der Waals surface area contributed by atoms with Crippen LogP contribution in [0.1, 0.15) is 32.3 Å². The fourth-order valence-corrected chi connectivity index (χ4v) is 5.94. The van der Waals surface area contributed by atoms with Crippen LogP contribution < -0.4 is 15.0 Å². The van der Waals surface area contributed by atoms with Crippen LogP contribution in [0.4, 0.5) is 33.5 Å². The van der Waals surface area contributed by atoms with Gasteiger partial charge in [0.05, 0.1) is 13.2 Å². The number of hydrogen-bond acceptors (Lipinski definition) is 7. The van der Waals surface area contributed by atoms with Crippen molar-refractivity contribution in [3.8, 4) is 5.75 Å². The minimum Gasteiger partial charge on any atom is -0.489 e. The SMILES string of the molecule is CC(=O)N(C)c1cc(NC(=O)[C@@H]2O[C@@](C)(C(F)(F)F)[C@@H](C)[C@H]2c2ccc(F)c(F)c2OCCN2CC3(COC3)C2)ccn1. The Morgan fingerprint density at radius 3 is 2.51 bits per heavy atom. The van der Waals surface area contributed by atoms with Gasteiger partial charge >= 0.3 is 6.18 Å². The Kier molecular flexibility index (Phi) is 8.16. The molecule has 3 aliphatic heterocycles. The highest BCUT2D eigenvalue weighted by Gasteiger charge is 2.66. The molecule has 3 saturated heterocycles. The molecule has 1 N–H and O–H groups in total. The molecule has 0 aliphatic carbocycles. The number of ether oxygens (including phenoxy) is 3. The third-order valence-corrected chi connectivity index (χ3v) is 8.78. The minimum atomic E-state index is -4.90. The molecule has 14 heteroatoms. The summed E-state index contributed by atoms with van der Waals surface area (Å²) >= 11 is 0. The molecule has 43 heavy (non-hydrogen) atoms. The van der Waals surface area contributed by atoms with Crippen LogP contribution in [0.3, 0.4) is 0 Å². The normalized spacial score (nSPS) is 26.5. The second-order valence-electron chi connectivity index (χ2n) is 11.8. The van der Waals surface area contributed by atoms with Crippen LogP contribution in [0.2, 0.25) is 0 Å². The first kappa shape index (κ1) is 31.1. The molecule has 234 valence electrons. The molecule has 2 aromatic rings. The average molecular weight is 613 g/mol. The number of halogens is 5. The summed E-state index contributed by atoms with van der Waals surface area (Å²) in [5, 5.41) is 2.53. The van der Waals surface area contributed by atoms with Crippen molar-refractivity contribution in [2.45, 2.75) is 44.6 Å². The fourth-order valence-electron chi connectivity index (χ4n) is 5.94. The number of nitrogens with zero attached hydrogens (tertiary/aromatic N) is 3. The second kappa shape index (κ2) is 11.3. The zero-order valence-corrected chi connectivity index (χ0v) is 24.1. The van der Waals surface area contributed by atoms with Gasteiger partial charge in [-0.1, -0.05) is 13.0 Å². The maximum Gasteiger partial charge on any atom is 0.417 e. The zero-order valence-electron chi connectivity index (χ0n) is 24.1. The molecular weight excluding hydrogens is 579 g/mol. The van der Waals surface area contributed by atoms with Crippen LogP contribution in [0.5, 0.6) is 5.75 Å². The highest BCUT2D eigenvalue weighted by Crippen LogP contribution is 2.55. The Bertz CT molecular complexity index is 1400. The number of benzene rings is 1. The summed E-state index contributed by atoms with van der Waals surface area (Å²) in [5.41, 5.74) is -2.63. The van der Waals surface area contributed by atoms with Crippen LogP contribution in [-0.2, 0) is 19.1 Å². The second-order valence-corrected chi connectivity index (χ2v) is 11.8. The highest BCUT2D eigenvalue weighted by molar-refractivity contribution is 5.96. The maximum atomic E-state index is 15.2. The van der Waals surface area contributed by atoms with E-state index in [9.17, 15) is 27.2 Å². The van der Waals surface area contributed by atoms with Gasteiger partial charge in [0.25, 0.3) is 5.91 Å². The van der Waals surface area contributed by atoms with E-state index in [1.54, 1.807) is 0 Å². The molecule has 5 rings (SSSR count). The Morgan fingerprint density at radius 2 is 1.91 bits per heavy atom. The number of nitrogens with one attached hydrogen (secondary N) is 1. The van der Waals surface area contributed by atoms with Gasteiger partial charge < -0.3 is 24.4 Å². The standard InChI is InChI=1S/C29H33F5N4O5/c1-16-22(19-5-6-20(30)23(31)24(19)42-10-9-38-12-28(13-38)14-41-15-28)25(43-27(16,3)29(32,33)34)26(40)36-18-7-8-35-21(11-18)37(4)17(2)39/h5-8,11,16,22,25H,9-10,12-15H2,1-4H3,(H,35,36,40)/t16-,22-,25+,27+/m0/s1. The van der Waals surface area contributed by atoms with E-state index < -0.39 is 53.0 Å². The lowest BCUT2D eigenvalue weighted by Gasteiger charge is -2.55. The third kappa shape index (κ3) is 5.67. The van der Waals surface area contributed by atoms with Crippen LogP contribution in [0, 0.1) is 23.0 Å². The van der Waals surface area contributed by atoms with E-state index in [-0.39, 0.29) is 35.0 Å². The molecule has 2 amide bonds. The molecule has 1 spiro atoms. The molecule has 4 heterocycles. The lowest BCUT2D eigenvalue weighted by Crippen LogP contribution is -2.66.